The average molecular weight is 275 g/mol. The SMILES string of the molecule is O=C([O-])CC1Sc2nc(-c3ccncc3)nn2C1=O. The van der Waals surface area contributed by atoms with Crippen molar-refractivity contribution < 1.29 is 14.7 Å². The molecule has 0 N–H and O–H groups in total. The molecule has 3 rings (SSSR count). The van der Waals surface area contributed by atoms with Gasteiger partial charge in [0.1, 0.15) is 0 Å². The van der Waals surface area contributed by atoms with E-state index in [1.165, 1.54) is 0 Å². The number of carboxylic acids is 1. The minimum atomic E-state index is -1.26. The summed E-state index contributed by atoms with van der Waals surface area (Å²) in [6.45, 7) is 0. The Labute approximate surface area is 111 Å². The first-order valence-electron chi connectivity index (χ1n) is 5.43. The maximum absolute atomic E-state index is 11.9. The van der Waals surface area contributed by atoms with E-state index in [0.717, 1.165) is 22.0 Å². The lowest BCUT2D eigenvalue weighted by Gasteiger charge is -2.06. The molecule has 8 heteroatoms. The topological polar surface area (TPSA) is 101 Å². The van der Waals surface area contributed by atoms with Gasteiger partial charge in [-0.25, -0.2) is 4.98 Å². The molecular formula is C11H7N4O3S-. The third kappa shape index (κ3) is 2.10. The van der Waals surface area contributed by atoms with Crippen LogP contribution >= 0.6 is 11.8 Å². The normalized spacial score (nSPS) is 17.5. The number of aromatic nitrogens is 4. The highest BCUT2D eigenvalue weighted by Crippen LogP contribution is 2.33. The van der Waals surface area contributed by atoms with Crippen LogP contribution in [-0.4, -0.2) is 36.9 Å². The second kappa shape index (κ2) is 4.47. The molecule has 1 atom stereocenters. The van der Waals surface area contributed by atoms with Crippen LogP contribution in [0.15, 0.2) is 29.7 Å². The van der Waals surface area contributed by atoms with E-state index >= 15 is 0 Å². The quantitative estimate of drug-likeness (QED) is 0.750. The molecule has 0 spiro atoms. The highest BCUT2D eigenvalue weighted by Gasteiger charge is 2.34. The summed E-state index contributed by atoms with van der Waals surface area (Å²) >= 11 is 1.09. The fourth-order valence-corrected chi connectivity index (χ4v) is 2.78. The molecule has 0 saturated heterocycles. The Balaban J connectivity index is 1.89. The maximum Gasteiger partial charge on any atom is 0.263 e. The van der Waals surface area contributed by atoms with Crippen LogP contribution in [0.1, 0.15) is 11.2 Å². The number of fused-ring (bicyclic) bond motifs is 1. The highest BCUT2D eigenvalue weighted by atomic mass is 32.2. The number of hydrogen-bond acceptors (Lipinski definition) is 7. The van der Waals surface area contributed by atoms with Crippen LogP contribution in [0.4, 0.5) is 0 Å². The molecule has 1 aliphatic rings. The van der Waals surface area contributed by atoms with E-state index in [4.69, 9.17) is 0 Å². The molecule has 0 radical (unpaired) electrons. The minimum absolute atomic E-state index is 0.334. The van der Waals surface area contributed by atoms with Crippen molar-refractivity contribution in [2.24, 2.45) is 0 Å². The summed E-state index contributed by atoms with van der Waals surface area (Å²) in [6, 6.07) is 3.47. The lowest BCUT2D eigenvalue weighted by molar-refractivity contribution is -0.305. The van der Waals surface area contributed by atoms with Gasteiger partial charge < -0.3 is 9.90 Å². The molecule has 0 saturated carbocycles. The van der Waals surface area contributed by atoms with Gasteiger partial charge in [0.05, 0.1) is 5.25 Å². The van der Waals surface area contributed by atoms with Crippen molar-refractivity contribution in [3.8, 4) is 11.4 Å². The second-order valence-corrected chi connectivity index (χ2v) is 5.06. The van der Waals surface area contributed by atoms with Crippen molar-refractivity contribution in [2.75, 3.05) is 0 Å². The number of thioether (sulfide) groups is 1. The summed E-state index contributed by atoms with van der Waals surface area (Å²) < 4.78 is 1.15. The van der Waals surface area contributed by atoms with Crippen molar-refractivity contribution in [1.82, 2.24) is 19.7 Å². The van der Waals surface area contributed by atoms with Crippen LogP contribution in [0.5, 0.6) is 0 Å². The van der Waals surface area contributed by atoms with Gasteiger partial charge in [-0.1, -0.05) is 11.8 Å². The van der Waals surface area contributed by atoms with E-state index < -0.39 is 11.2 Å². The summed E-state index contributed by atoms with van der Waals surface area (Å²) in [4.78, 5) is 30.6. The molecule has 0 aliphatic carbocycles. The fraction of sp³-hybridized carbons (Fsp3) is 0.182. The maximum atomic E-state index is 11.9. The second-order valence-electron chi connectivity index (χ2n) is 3.89. The van der Waals surface area contributed by atoms with Crippen LogP contribution in [0, 0.1) is 0 Å². The van der Waals surface area contributed by atoms with Crippen LogP contribution in [0.25, 0.3) is 11.4 Å². The molecule has 19 heavy (non-hydrogen) atoms. The van der Waals surface area contributed by atoms with E-state index in [9.17, 15) is 14.7 Å². The van der Waals surface area contributed by atoms with Crippen molar-refractivity contribution in [2.45, 2.75) is 16.8 Å². The van der Waals surface area contributed by atoms with Crippen LogP contribution < -0.4 is 5.11 Å². The van der Waals surface area contributed by atoms with Crippen molar-refractivity contribution in [3.05, 3.63) is 24.5 Å². The van der Waals surface area contributed by atoms with E-state index in [0.29, 0.717) is 11.0 Å². The molecule has 96 valence electrons. The monoisotopic (exact) mass is 275 g/mol. The van der Waals surface area contributed by atoms with Gasteiger partial charge in [0.15, 0.2) is 11.0 Å². The molecule has 7 nitrogen and oxygen atoms in total. The Morgan fingerprint density at radius 3 is 2.79 bits per heavy atom. The lowest BCUT2D eigenvalue weighted by Crippen LogP contribution is -2.30. The third-order valence-electron chi connectivity index (χ3n) is 2.60. The van der Waals surface area contributed by atoms with Crippen molar-refractivity contribution in [1.29, 1.82) is 0 Å². The summed E-state index contributed by atoms with van der Waals surface area (Å²) in [7, 11) is 0. The molecular weight excluding hydrogens is 268 g/mol. The zero-order chi connectivity index (χ0) is 13.4. The molecule has 0 amide bonds. The smallest absolute Gasteiger partial charge is 0.263 e. The number of carbonyl (C=O) groups excluding carboxylic acids is 2. The number of hydrogen-bond donors (Lipinski definition) is 0. The van der Waals surface area contributed by atoms with Gasteiger partial charge in [0, 0.05) is 30.3 Å². The van der Waals surface area contributed by atoms with Gasteiger partial charge in [0.25, 0.3) is 5.91 Å². The zero-order valence-electron chi connectivity index (χ0n) is 9.52. The molecule has 0 fully saturated rings. The fourth-order valence-electron chi connectivity index (χ4n) is 1.74. The van der Waals surface area contributed by atoms with Crippen LogP contribution in [-0.2, 0) is 4.79 Å². The highest BCUT2D eigenvalue weighted by molar-refractivity contribution is 8.00. The van der Waals surface area contributed by atoms with E-state index in [-0.39, 0.29) is 12.3 Å². The predicted molar refractivity (Wildman–Crippen MR) is 63.1 cm³/mol. The summed E-state index contributed by atoms with van der Waals surface area (Å²) in [5.41, 5.74) is 0.752. The number of carbonyl (C=O) groups is 2. The number of nitrogens with zero attached hydrogens (tertiary/aromatic N) is 4. The van der Waals surface area contributed by atoms with E-state index in [1.54, 1.807) is 24.5 Å². The zero-order valence-corrected chi connectivity index (χ0v) is 10.3. The molecule has 0 aromatic carbocycles. The lowest BCUT2D eigenvalue weighted by atomic mass is 10.3. The Bertz CT molecular complexity index is 655. The van der Waals surface area contributed by atoms with Gasteiger partial charge >= 0.3 is 0 Å². The predicted octanol–water partition coefficient (Wildman–Crippen LogP) is -0.405. The first-order chi connectivity index (χ1) is 9.15. The molecule has 0 bridgehead atoms. The van der Waals surface area contributed by atoms with Gasteiger partial charge in [0.2, 0.25) is 0 Å². The van der Waals surface area contributed by atoms with Gasteiger partial charge in [-0.2, -0.15) is 4.68 Å². The molecule has 3 heterocycles. The van der Waals surface area contributed by atoms with Gasteiger partial charge in [-0.3, -0.25) is 9.78 Å². The first kappa shape index (κ1) is 11.8. The molecule has 2 aromatic rings. The number of aliphatic carboxylic acids is 1. The number of pyridine rings is 1. The Morgan fingerprint density at radius 1 is 1.42 bits per heavy atom. The Hall–Kier alpha value is -2.22. The average Bonchev–Trinajstić information content (AvgIpc) is 2.92. The van der Waals surface area contributed by atoms with Crippen LogP contribution in [0.2, 0.25) is 0 Å². The Morgan fingerprint density at radius 2 is 2.16 bits per heavy atom. The number of carboxylic acid groups (broad SMARTS) is 1. The van der Waals surface area contributed by atoms with Crippen LogP contribution in [0.3, 0.4) is 0 Å². The third-order valence-corrected chi connectivity index (χ3v) is 3.73. The first-order valence-corrected chi connectivity index (χ1v) is 6.31. The molecule has 2 aromatic heterocycles. The summed E-state index contributed by atoms with van der Waals surface area (Å²) in [5, 5.41) is 14.3. The van der Waals surface area contributed by atoms with E-state index in [2.05, 4.69) is 15.1 Å². The minimum Gasteiger partial charge on any atom is -0.550 e. The Kier molecular flexibility index (Phi) is 2.79. The van der Waals surface area contributed by atoms with Crippen molar-refractivity contribution >= 4 is 23.6 Å². The summed E-state index contributed by atoms with van der Waals surface area (Å²) in [6.07, 6.45) is 2.88. The largest absolute Gasteiger partial charge is 0.550 e. The standard InChI is InChI=1S/C11H8N4O3S/c16-8(17)5-7-10(18)15-11(19-7)13-9(14-15)6-1-3-12-4-2-6/h1-4,7H,5H2,(H,16,17)/p-1. The van der Waals surface area contributed by atoms with E-state index in [1.807, 2.05) is 0 Å². The van der Waals surface area contributed by atoms with Crippen molar-refractivity contribution in [3.63, 3.8) is 0 Å². The van der Waals surface area contributed by atoms with Gasteiger partial charge in [-0.05, 0) is 12.1 Å². The molecule has 1 unspecified atom stereocenters. The van der Waals surface area contributed by atoms with Gasteiger partial charge in [-0.15, -0.1) is 5.10 Å². The summed E-state index contributed by atoms with van der Waals surface area (Å²) in [5.74, 6) is -1.21. The molecule has 1 aliphatic heterocycles. The number of rotatable bonds is 3.